The molecule has 2 rings (SSSR count). The Labute approximate surface area is 71.4 Å². The Bertz CT molecular complexity index is 288. The van der Waals surface area contributed by atoms with Crippen molar-refractivity contribution in [2.45, 2.75) is 25.8 Å². The van der Waals surface area contributed by atoms with Gasteiger partial charge in [0, 0.05) is 6.20 Å². The van der Waals surface area contributed by atoms with Gasteiger partial charge in [0.05, 0.1) is 17.8 Å². The van der Waals surface area contributed by atoms with Crippen molar-refractivity contribution in [2.24, 2.45) is 5.92 Å². The van der Waals surface area contributed by atoms with Crippen LogP contribution < -0.4 is 0 Å². The molecule has 3 nitrogen and oxygen atoms in total. The molecule has 64 valence electrons. The van der Waals surface area contributed by atoms with Crippen molar-refractivity contribution in [2.75, 3.05) is 0 Å². The van der Waals surface area contributed by atoms with Gasteiger partial charge < -0.3 is 0 Å². The first kappa shape index (κ1) is 7.53. The zero-order chi connectivity index (χ0) is 8.55. The molecular formula is C9H12N2O. The number of aldehydes is 1. The lowest BCUT2D eigenvalue weighted by atomic mass is 10.2. The standard InChI is InChI=1S/C9H12N2O/c1-7(9-2-3-9)11-5-8(6-12)4-10-11/h4-7,9H,2-3H2,1H3. The number of carbonyl (C=O) groups excluding carboxylic acids is 1. The lowest BCUT2D eigenvalue weighted by Crippen LogP contribution is -2.07. The van der Waals surface area contributed by atoms with E-state index in [9.17, 15) is 4.79 Å². The normalized spacial score (nSPS) is 19.1. The Kier molecular flexibility index (Phi) is 1.71. The molecule has 0 bridgehead atoms. The minimum Gasteiger partial charge on any atom is -0.298 e. The van der Waals surface area contributed by atoms with Crippen molar-refractivity contribution in [1.29, 1.82) is 0 Å². The Hall–Kier alpha value is -1.12. The molecule has 0 saturated heterocycles. The van der Waals surface area contributed by atoms with Crippen molar-refractivity contribution in [1.82, 2.24) is 9.78 Å². The Morgan fingerprint density at radius 1 is 1.75 bits per heavy atom. The van der Waals surface area contributed by atoms with Crippen molar-refractivity contribution >= 4 is 6.29 Å². The van der Waals surface area contributed by atoms with Gasteiger partial charge in [-0.05, 0) is 25.7 Å². The van der Waals surface area contributed by atoms with E-state index in [1.54, 1.807) is 6.20 Å². The van der Waals surface area contributed by atoms with Crippen LogP contribution in [0.3, 0.4) is 0 Å². The van der Waals surface area contributed by atoms with E-state index in [1.165, 1.54) is 12.8 Å². The van der Waals surface area contributed by atoms with Crippen molar-refractivity contribution in [3.63, 3.8) is 0 Å². The van der Waals surface area contributed by atoms with E-state index in [0.717, 1.165) is 12.2 Å². The number of hydrogen-bond acceptors (Lipinski definition) is 2. The summed E-state index contributed by atoms with van der Waals surface area (Å²) in [5, 5.41) is 4.13. The van der Waals surface area contributed by atoms with Crippen LogP contribution in [0.1, 0.15) is 36.2 Å². The second-order valence-electron chi connectivity index (χ2n) is 3.45. The lowest BCUT2D eigenvalue weighted by Gasteiger charge is -2.09. The second kappa shape index (κ2) is 2.73. The molecule has 0 N–H and O–H groups in total. The molecule has 1 aliphatic carbocycles. The first-order valence-electron chi connectivity index (χ1n) is 4.30. The molecule has 0 radical (unpaired) electrons. The predicted molar refractivity (Wildman–Crippen MR) is 45.0 cm³/mol. The van der Waals surface area contributed by atoms with E-state index >= 15 is 0 Å². The van der Waals surface area contributed by atoms with E-state index in [1.807, 2.05) is 10.9 Å². The molecule has 1 atom stereocenters. The van der Waals surface area contributed by atoms with Gasteiger partial charge in [0.25, 0.3) is 0 Å². The predicted octanol–water partition coefficient (Wildman–Crippen LogP) is 1.67. The van der Waals surface area contributed by atoms with E-state index in [-0.39, 0.29) is 0 Å². The van der Waals surface area contributed by atoms with Crippen molar-refractivity contribution < 1.29 is 4.79 Å². The molecule has 1 aliphatic rings. The average molecular weight is 164 g/mol. The molecule has 0 spiro atoms. The topological polar surface area (TPSA) is 34.9 Å². The van der Waals surface area contributed by atoms with Gasteiger partial charge in [0.2, 0.25) is 0 Å². The fraction of sp³-hybridized carbons (Fsp3) is 0.556. The molecule has 1 aromatic rings. The maximum absolute atomic E-state index is 10.4. The van der Waals surface area contributed by atoms with Crippen LogP contribution in [0.4, 0.5) is 0 Å². The molecule has 3 heteroatoms. The highest BCUT2D eigenvalue weighted by Gasteiger charge is 2.29. The van der Waals surface area contributed by atoms with Gasteiger partial charge >= 0.3 is 0 Å². The molecule has 1 aromatic heterocycles. The fourth-order valence-corrected chi connectivity index (χ4v) is 1.43. The minimum absolute atomic E-state index is 0.457. The van der Waals surface area contributed by atoms with Crippen LogP contribution in [0.5, 0.6) is 0 Å². The third-order valence-electron chi connectivity index (χ3n) is 2.48. The maximum atomic E-state index is 10.4. The molecule has 1 fully saturated rings. The number of hydrogen-bond donors (Lipinski definition) is 0. The Morgan fingerprint density at radius 2 is 2.50 bits per heavy atom. The maximum Gasteiger partial charge on any atom is 0.153 e. The Balaban J connectivity index is 2.15. The highest BCUT2D eigenvalue weighted by molar-refractivity contribution is 5.73. The van der Waals surface area contributed by atoms with Crippen molar-refractivity contribution in [3.05, 3.63) is 18.0 Å². The van der Waals surface area contributed by atoms with E-state index < -0.39 is 0 Å². The van der Waals surface area contributed by atoms with E-state index in [4.69, 9.17) is 0 Å². The van der Waals surface area contributed by atoms with Crippen LogP contribution in [-0.4, -0.2) is 16.1 Å². The van der Waals surface area contributed by atoms with Gasteiger partial charge in [-0.1, -0.05) is 0 Å². The zero-order valence-corrected chi connectivity index (χ0v) is 7.10. The SMILES string of the molecule is CC(C1CC1)n1cc(C=O)cn1. The first-order valence-corrected chi connectivity index (χ1v) is 4.30. The summed E-state index contributed by atoms with van der Waals surface area (Å²) in [6, 6.07) is 0.457. The Morgan fingerprint density at radius 3 is 3.00 bits per heavy atom. The summed E-state index contributed by atoms with van der Waals surface area (Å²) in [6.07, 6.45) is 6.87. The molecule has 1 saturated carbocycles. The third kappa shape index (κ3) is 1.26. The number of rotatable bonds is 3. The monoisotopic (exact) mass is 164 g/mol. The molecule has 1 unspecified atom stereocenters. The highest BCUT2D eigenvalue weighted by Crippen LogP contribution is 2.38. The molecular weight excluding hydrogens is 152 g/mol. The lowest BCUT2D eigenvalue weighted by molar-refractivity contribution is 0.112. The first-order chi connectivity index (χ1) is 5.81. The van der Waals surface area contributed by atoms with Gasteiger partial charge in [-0.15, -0.1) is 0 Å². The summed E-state index contributed by atoms with van der Waals surface area (Å²) in [5.41, 5.74) is 0.669. The summed E-state index contributed by atoms with van der Waals surface area (Å²) in [4.78, 5) is 10.4. The van der Waals surface area contributed by atoms with Gasteiger partial charge in [-0.3, -0.25) is 9.48 Å². The van der Waals surface area contributed by atoms with Crippen molar-refractivity contribution in [3.8, 4) is 0 Å². The molecule has 1 heterocycles. The van der Waals surface area contributed by atoms with Gasteiger partial charge in [0.1, 0.15) is 0 Å². The summed E-state index contributed by atoms with van der Waals surface area (Å²) in [6.45, 7) is 2.15. The van der Waals surface area contributed by atoms with Crippen LogP contribution in [0.2, 0.25) is 0 Å². The molecule has 12 heavy (non-hydrogen) atoms. The number of nitrogens with zero attached hydrogens (tertiary/aromatic N) is 2. The summed E-state index contributed by atoms with van der Waals surface area (Å²) in [5.74, 6) is 0.782. The van der Waals surface area contributed by atoms with Crippen LogP contribution >= 0.6 is 0 Å². The van der Waals surface area contributed by atoms with E-state index in [0.29, 0.717) is 11.6 Å². The number of aromatic nitrogens is 2. The summed E-state index contributed by atoms with van der Waals surface area (Å²) in [7, 11) is 0. The van der Waals surface area contributed by atoms with Crippen LogP contribution in [0, 0.1) is 5.92 Å². The molecule has 0 aromatic carbocycles. The molecule has 0 aliphatic heterocycles. The fourth-order valence-electron chi connectivity index (χ4n) is 1.43. The number of carbonyl (C=O) groups is 1. The average Bonchev–Trinajstić information content (AvgIpc) is 2.82. The largest absolute Gasteiger partial charge is 0.298 e. The smallest absolute Gasteiger partial charge is 0.153 e. The third-order valence-corrected chi connectivity index (χ3v) is 2.48. The second-order valence-corrected chi connectivity index (χ2v) is 3.45. The zero-order valence-electron chi connectivity index (χ0n) is 7.10. The van der Waals surface area contributed by atoms with Crippen LogP contribution in [0.25, 0.3) is 0 Å². The van der Waals surface area contributed by atoms with Gasteiger partial charge in [-0.2, -0.15) is 5.10 Å². The molecule has 0 amide bonds. The van der Waals surface area contributed by atoms with Crippen LogP contribution in [0.15, 0.2) is 12.4 Å². The van der Waals surface area contributed by atoms with Gasteiger partial charge in [-0.25, -0.2) is 0 Å². The highest BCUT2D eigenvalue weighted by atomic mass is 16.1. The van der Waals surface area contributed by atoms with E-state index in [2.05, 4.69) is 12.0 Å². The van der Waals surface area contributed by atoms with Crippen LogP contribution in [-0.2, 0) is 0 Å². The summed E-state index contributed by atoms with van der Waals surface area (Å²) < 4.78 is 1.89. The summed E-state index contributed by atoms with van der Waals surface area (Å²) >= 11 is 0. The van der Waals surface area contributed by atoms with Gasteiger partial charge in [0.15, 0.2) is 6.29 Å². The minimum atomic E-state index is 0.457. The quantitative estimate of drug-likeness (QED) is 0.637.